The second kappa shape index (κ2) is 7.17. The van der Waals surface area contributed by atoms with E-state index in [1.54, 1.807) is 19.1 Å². The van der Waals surface area contributed by atoms with E-state index < -0.39 is 6.10 Å². The van der Waals surface area contributed by atoms with Gasteiger partial charge in [0.15, 0.2) is 0 Å². The van der Waals surface area contributed by atoms with Gasteiger partial charge in [0.2, 0.25) is 0 Å². The highest BCUT2D eigenvalue weighted by Crippen LogP contribution is 2.00. The summed E-state index contributed by atoms with van der Waals surface area (Å²) in [5.74, 6) is 0. The predicted octanol–water partition coefficient (Wildman–Crippen LogP) is 1.47. The van der Waals surface area contributed by atoms with E-state index in [0.29, 0.717) is 13.2 Å². The first-order valence-corrected chi connectivity index (χ1v) is 5.42. The van der Waals surface area contributed by atoms with Crippen molar-refractivity contribution in [2.45, 2.75) is 25.7 Å². The number of ether oxygens (including phenoxy) is 1. The lowest BCUT2D eigenvalue weighted by Crippen LogP contribution is -2.29. The van der Waals surface area contributed by atoms with Crippen molar-refractivity contribution in [3.8, 4) is 0 Å². The summed E-state index contributed by atoms with van der Waals surface area (Å²) in [5, 5.41) is 9.38. The van der Waals surface area contributed by atoms with Crippen LogP contribution in [0.4, 0.5) is 0 Å². The highest BCUT2D eigenvalue weighted by atomic mass is 16.5. The van der Waals surface area contributed by atoms with Crippen LogP contribution in [0.15, 0.2) is 42.5 Å². The SMILES string of the molecule is C[C@@H](N)[C@H](O)/C=C/COCc1ccccc1. The highest BCUT2D eigenvalue weighted by molar-refractivity contribution is 5.13. The summed E-state index contributed by atoms with van der Waals surface area (Å²) in [6.07, 6.45) is 2.85. The molecular weight excluding hydrogens is 202 g/mol. The first-order chi connectivity index (χ1) is 7.70. The van der Waals surface area contributed by atoms with E-state index in [-0.39, 0.29) is 6.04 Å². The van der Waals surface area contributed by atoms with Crippen molar-refractivity contribution in [2.75, 3.05) is 6.61 Å². The van der Waals surface area contributed by atoms with Crippen LogP contribution in [0.3, 0.4) is 0 Å². The molecule has 0 aliphatic carbocycles. The molecule has 3 heteroatoms. The van der Waals surface area contributed by atoms with Crippen LogP contribution in [0.2, 0.25) is 0 Å². The van der Waals surface area contributed by atoms with Gasteiger partial charge in [0.1, 0.15) is 0 Å². The molecule has 1 rings (SSSR count). The van der Waals surface area contributed by atoms with E-state index >= 15 is 0 Å². The van der Waals surface area contributed by atoms with Gasteiger partial charge < -0.3 is 15.6 Å². The van der Waals surface area contributed by atoms with Crippen molar-refractivity contribution in [1.82, 2.24) is 0 Å². The minimum absolute atomic E-state index is 0.245. The Balaban J connectivity index is 2.17. The van der Waals surface area contributed by atoms with Crippen LogP contribution in [-0.4, -0.2) is 23.9 Å². The largest absolute Gasteiger partial charge is 0.387 e. The van der Waals surface area contributed by atoms with Gasteiger partial charge in [-0.15, -0.1) is 0 Å². The topological polar surface area (TPSA) is 55.5 Å². The molecule has 1 aromatic rings. The van der Waals surface area contributed by atoms with Crippen LogP contribution < -0.4 is 5.73 Å². The smallest absolute Gasteiger partial charge is 0.0869 e. The van der Waals surface area contributed by atoms with Gasteiger partial charge in [-0.2, -0.15) is 0 Å². The molecule has 88 valence electrons. The minimum atomic E-state index is -0.597. The van der Waals surface area contributed by atoms with Crippen molar-refractivity contribution in [2.24, 2.45) is 5.73 Å². The molecule has 3 N–H and O–H groups in total. The number of hydrogen-bond acceptors (Lipinski definition) is 3. The summed E-state index contributed by atoms with van der Waals surface area (Å²) in [5.41, 5.74) is 6.64. The zero-order valence-electron chi connectivity index (χ0n) is 9.54. The lowest BCUT2D eigenvalue weighted by Gasteiger charge is -2.08. The second-order valence-electron chi connectivity index (χ2n) is 3.78. The van der Waals surface area contributed by atoms with Gasteiger partial charge in [0, 0.05) is 6.04 Å². The average Bonchev–Trinajstić information content (AvgIpc) is 2.29. The lowest BCUT2D eigenvalue weighted by molar-refractivity contribution is 0.146. The van der Waals surface area contributed by atoms with Crippen LogP contribution in [0.1, 0.15) is 12.5 Å². The summed E-state index contributed by atoms with van der Waals surface area (Å²) in [6, 6.07) is 9.72. The monoisotopic (exact) mass is 221 g/mol. The van der Waals surface area contributed by atoms with Gasteiger partial charge in [-0.05, 0) is 12.5 Å². The van der Waals surface area contributed by atoms with E-state index in [1.165, 1.54) is 0 Å². The molecular formula is C13H19NO2. The van der Waals surface area contributed by atoms with Crippen molar-refractivity contribution in [3.63, 3.8) is 0 Å². The number of rotatable bonds is 6. The van der Waals surface area contributed by atoms with Gasteiger partial charge in [-0.3, -0.25) is 0 Å². The van der Waals surface area contributed by atoms with Crippen molar-refractivity contribution in [3.05, 3.63) is 48.0 Å². The molecule has 2 atom stereocenters. The Kier molecular flexibility index (Phi) is 5.78. The third-order valence-electron chi connectivity index (χ3n) is 2.20. The molecule has 0 saturated carbocycles. The van der Waals surface area contributed by atoms with E-state index in [0.717, 1.165) is 5.56 Å². The molecule has 0 fully saturated rings. The summed E-state index contributed by atoms with van der Waals surface area (Å²) >= 11 is 0. The maximum atomic E-state index is 9.38. The Labute approximate surface area is 96.5 Å². The molecule has 0 amide bonds. The summed E-state index contributed by atoms with van der Waals surface area (Å²) in [7, 11) is 0. The molecule has 16 heavy (non-hydrogen) atoms. The quantitative estimate of drug-likeness (QED) is 0.565. The van der Waals surface area contributed by atoms with Gasteiger partial charge in [0.25, 0.3) is 0 Å². The van der Waals surface area contributed by atoms with Crippen LogP contribution in [-0.2, 0) is 11.3 Å². The highest BCUT2D eigenvalue weighted by Gasteiger charge is 2.03. The third kappa shape index (κ3) is 5.07. The van der Waals surface area contributed by atoms with E-state index in [4.69, 9.17) is 10.5 Å². The molecule has 1 aromatic carbocycles. The van der Waals surface area contributed by atoms with Crippen molar-refractivity contribution < 1.29 is 9.84 Å². The van der Waals surface area contributed by atoms with Crippen LogP contribution >= 0.6 is 0 Å². The molecule has 0 saturated heterocycles. The second-order valence-corrected chi connectivity index (χ2v) is 3.78. The molecule has 0 aliphatic rings. The number of aliphatic hydroxyl groups is 1. The molecule has 0 aromatic heterocycles. The Morgan fingerprint density at radius 3 is 2.69 bits per heavy atom. The Hall–Kier alpha value is -1.16. The van der Waals surface area contributed by atoms with Gasteiger partial charge in [-0.25, -0.2) is 0 Å². The average molecular weight is 221 g/mol. The molecule has 3 nitrogen and oxygen atoms in total. The fourth-order valence-corrected chi connectivity index (χ4v) is 1.19. The zero-order valence-corrected chi connectivity index (χ0v) is 9.54. The summed E-state index contributed by atoms with van der Waals surface area (Å²) < 4.78 is 5.41. The lowest BCUT2D eigenvalue weighted by atomic mass is 10.2. The van der Waals surface area contributed by atoms with Crippen molar-refractivity contribution in [1.29, 1.82) is 0 Å². The van der Waals surface area contributed by atoms with E-state index in [1.807, 2.05) is 30.3 Å². The molecule has 0 spiro atoms. The normalized spacial score (nSPS) is 15.2. The number of benzene rings is 1. The predicted molar refractivity (Wildman–Crippen MR) is 64.9 cm³/mol. The fraction of sp³-hybridized carbons (Fsp3) is 0.385. The molecule has 0 unspecified atom stereocenters. The van der Waals surface area contributed by atoms with Crippen molar-refractivity contribution >= 4 is 0 Å². The number of nitrogens with two attached hydrogens (primary N) is 1. The summed E-state index contributed by atoms with van der Waals surface area (Å²) in [4.78, 5) is 0. The van der Waals surface area contributed by atoms with Gasteiger partial charge >= 0.3 is 0 Å². The molecule has 0 aliphatic heterocycles. The molecule has 0 radical (unpaired) electrons. The van der Waals surface area contributed by atoms with Crippen LogP contribution in [0.25, 0.3) is 0 Å². The third-order valence-corrected chi connectivity index (χ3v) is 2.20. The maximum Gasteiger partial charge on any atom is 0.0869 e. The Bertz CT molecular complexity index is 309. The minimum Gasteiger partial charge on any atom is -0.387 e. The van der Waals surface area contributed by atoms with Gasteiger partial charge in [-0.1, -0.05) is 42.5 Å². The van der Waals surface area contributed by atoms with E-state index in [9.17, 15) is 5.11 Å². The zero-order chi connectivity index (χ0) is 11.8. The van der Waals surface area contributed by atoms with Crippen LogP contribution in [0.5, 0.6) is 0 Å². The first-order valence-electron chi connectivity index (χ1n) is 5.42. The Morgan fingerprint density at radius 2 is 2.06 bits per heavy atom. The number of hydrogen-bond donors (Lipinski definition) is 2. The molecule has 0 bridgehead atoms. The van der Waals surface area contributed by atoms with E-state index in [2.05, 4.69) is 0 Å². The Morgan fingerprint density at radius 1 is 1.38 bits per heavy atom. The fourth-order valence-electron chi connectivity index (χ4n) is 1.19. The van der Waals surface area contributed by atoms with Crippen LogP contribution in [0, 0.1) is 0 Å². The standard InChI is InChI=1S/C13H19NO2/c1-11(14)13(15)8-5-9-16-10-12-6-3-2-4-7-12/h2-8,11,13,15H,9-10,14H2,1H3/b8-5+/t11-,13-/m1/s1. The summed E-state index contributed by atoms with van der Waals surface area (Å²) in [6.45, 7) is 2.83. The number of aliphatic hydroxyl groups excluding tert-OH is 1. The first kappa shape index (κ1) is 12.9. The van der Waals surface area contributed by atoms with Gasteiger partial charge in [0.05, 0.1) is 19.3 Å². The maximum absolute atomic E-state index is 9.38. The molecule has 0 heterocycles.